The molecular weight excluding hydrogens is 304 g/mol. The van der Waals surface area contributed by atoms with E-state index < -0.39 is 5.97 Å². The molecule has 120 valence electrons. The van der Waals surface area contributed by atoms with Crippen molar-refractivity contribution >= 4 is 18.6 Å². The van der Waals surface area contributed by atoms with E-state index in [0.717, 1.165) is 21.8 Å². The monoisotopic (exact) mass is 324 g/mol. The Labute approximate surface area is 134 Å². The summed E-state index contributed by atoms with van der Waals surface area (Å²) >= 11 is 4.34. The van der Waals surface area contributed by atoms with Crippen molar-refractivity contribution < 1.29 is 19.2 Å². The fraction of sp³-hybridized carbons (Fsp3) is 0.333. The zero-order chi connectivity index (χ0) is 16.7. The zero-order valence-corrected chi connectivity index (χ0v) is 13.9. The van der Waals surface area contributed by atoms with Crippen LogP contribution >= 0.6 is 12.6 Å². The van der Waals surface area contributed by atoms with E-state index in [-0.39, 0.29) is 5.69 Å². The Morgan fingerprint density at radius 1 is 1.36 bits per heavy atom. The molecule has 1 aromatic heterocycles. The van der Waals surface area contributed by atoms with Gasteiger partial charge in [-0.3, -0.25) is 0 Å². The maximum atomic E-state index is 10.3. The predicted molar refractivity (Wildman–Crippen MR) is 85.9 cm³/mol. The van der Waals surface area contributed by atoms with Crippen LogP contribution in [-0.4, -0.2) is 30.4 Å². The van der Waals surface area contributed by atoms with Crippen LogP contribution in [0.4, 0.5) is 0 Å². The molecular formula is C15H20N2O4S. The van der Waals surface area contributed by atoms with Crippen LogP contribution in [0.2, 0.25) is 0 Å². The Hall–Kier alpha value is -1.99. The molecule has 0 atom stereocenters. The number of aromatic carboxylic acids is 1. The Bertz CT molecular complexity index is 617. The number of nitrogens with one attached hydrogen (secondary N) is 1. The lowest BCUT2D eigenvalue weighted by atomic mass is 10.1. The quantitative estimate of drug-likeness (QED) is 0.750. The molecule has 2 aromatic rings. The molecule has 7 heteroatoms. The van der Waals surface area contributed by atoms with Crippen molar-refractivity contribution in [2.24, 2.45) is 0 Å². The summed E-state index contributed by atoms with van der Waals surface area (Å²) < 4.78 is 9.77. The number of thiol groups is 1. The number of ether oxygens (including phenoxy) is 1. The number of aromatic nitrogens is 1. The molecule has 0 amide bonds. The number of hydrogen-bond acceptors (Lipinski definition) is 6. The fourth-order valence-electron chi connectivity index (χ4n) is 1.71. The number of carboxylic acid groups (broad SMARTS) is 1. The largest absolute Gasteiger partial charge is 0.497 e. The first-order valence-electron chi connectivity index (χ1n) is 6.56. The number of methoxy groups -OCH3 is 1. The molecule has 0 fully saturated rings. The zero-order valence-electron chi connectivity index (χ0n) is 13.0. The van der Waals surface area contributed by atoms with Crippen LogP contribution in [0.15, 0.2) is 27.6 Å². The number of carbonyl (C=O) groups is 1. The van der Waals surface area contributed by atoms with Crippen LogP contribution in [0.25, 0.3) is 0 Å². The first kappa shape index (κ1) is 18.1. The molecule has 0 radical (unpaired) electrons. The van der Waals surface area contributed by atoms with Gasteiger partial charge in [0, 0.05) is 11.0 Å². The van der Waals surface area contributed by atoms with Gasteiger partial charge in [0.15, 0.2) is 11.5 Å². The van der Waals surface area contributed by atoms with E-state index >= 15 is 0 Å². The van der Waals surface area contributed by atoms with Gasteiger partial charge in [0.2, 0.25) is 0 Å². The van der Waals surface area contributed by atoms with E-state index in [2.05, 4.69) is 27.6 Å². The molecule has 22 heavy (non-hydrogen) atoms. The maximum absolute atomic E-state index is 10.3. The van der Waals surface area contributed by atoms with Gasteiger partial charge in [-0.05, 0) is 44.2 Å². The normalized spacial score (nSPS) is 9.86. The molecule has 0 saturated carbocycles. The van der Waals surface area contributed by atoms with E-state index in [4.69, 9.17) is 9.84 Å². The number of rotatable bonds is 4. The molecule has 1 heterocycles. The third-order valence-electron chi connectivity index (χ3n) is 2.83. The van der Waals surface area contributed by atoms with Crippen molar-refractivity contribution in [2.45, 2.75) is 25.3 Å². The molecule has 0 saturated heterocycles. The lowest BCUT2D eigenvalue weighted by Crippen LogP contribution is -2.03. The standard InChI is InChI=1S/C9H12OS.C6H8N2O3/c1-6-4-8(10-3)5-7(2)9(6)11;1-7-3-4-2-5(6(9)10)8-11-4/h4-5,11H,1-3H3;2,7H,3H2,1H3,(H,9,10). The predicted octanol–water partition coefficient (Wildman–Crippen LogP) is 2.69. The van der Waals surface area contributed by atoms with Crippen LogP contribution in [-0.2, 0) is 6.54 Å². The fourth-order valence-corrected chi connectivity index (χ4v) is 1.83. The Morgan fingerprint density at radius 3 is 2.36 bits per heavy atom. The van der Waals surface area contributed by atoms with Gasteiger partial charge in [0.05, 0.1) is 13.7 Å². The molecule has 0 bridgehead atoms. The van der Waals surface area contributed by atoms with Crippen molar-refractivity contribution in [2.75, 3.05) is 14.2 Å². The highest BCUT2D eigenvalue weighted by Gasteiger charge is 2.09. The number of hydrogen-bond donors (Lipinski definition) is 3. The third kappa shape index (κ3) is 5.09. The third-order valence-corrected chi connectivity index (χ3v) is 3.53. The summed E-state index contributed by atoms with van der Waals surface area (Å²) in [6.07, 6.45) is 0. The van der Waals surface area contributed by atoms with E-state index in [1.54, 1.807) is 14.2 Å². The molecule has 6 nitrogen and oxygen atoms in total. The van der Waals surface area contributed by atoms with Gasteiger partial charge in [-0.15, -0.1) is 12.6 Å². The van der Waals surface area contributed by atoms with Gasteiger partial charge in [-0.1, -0.05) is 5.16 Å². The van der Waals surface area contributed by atoms with Crippen LogP contribution < -0.4 is 10.1 Å². The summed E-state index contributed by atoms with van der Waals surface area (Å²) in [5.41, 5.74) is 2.26. The smallest absolute Gasteiger partial charge is 0.358 e. The lowest BCUT2D eigenvalue weighted by Gasteiger charge is -2.06. The van der Waals surface area contributed by atoms with Crippen molar-refractivity contribution in [3.63, 3.8) is 0 Å². The second kappa shape index (κ2) is 8.45. The average Bonchev–Trinajstić information content (AvgIpc) is 2.94. The molecule has 0 aliphatic carbocycles. The summed E-state index contributed by atoms with van der Waals surface area (Å²) in [4.78, 5) is 11.3. The number of carboxylic acids is 1. The minimum absolute atomic E-state index is 0.0600. The second-order valence-corrected chi connectivity index (χ2v) is 5.07. The van der Waals surface area contributed by atoms with Gasteiger partial charge in [-0.2, -0.15) is 0 Å². The Morgan fingerprint density at radius 2 is 1.95 bits per heavy atom. The number of aryl methyl sites for hydroxylation is 2. The second-order valence-electron chi connectivity index (χ2n) is 4.62. The Balaban J connectivity index is 0.000000220. The first-order valence-corrected chi connectivity index (χ1v) is 7.01. The van der Waals surface area contributed by atoms with Gasteiger partial charge < -0.3 is 19.7 Å². The molecule has 2 N–H and O–H groups in total. The minimum Gasteiger partial charge on any atom is -0.497 e. The summed E-state index contributed by atoms with van der Waals surface area (Å²) in [5.74, 6) is 0.346. The topological polar surface area (TPSA) is 84.6 Å². The first-order chi connectivity index (χ1) is 10.4. The van der Waals surface area contributed by atoms with Crippen molar-refractivity contribution in [3.05, 3.63) is 40.8 Å². The van der Waals surface area contributed by atoms with Crippen LogP contribution in [0.3, 0.4) is 0 Å². The summed E-state index contributed by atoms with van der Waals surface area (Å²) in [6, 6.07) is 5.35. The number of nitrogens with zero attached hydrogens (tertiary/aromatic N) is 1. The van der Waals surface area contributed by atoms with E-state index in [0.29, 0.717) is 12.3 Å². The SMILES string of the molecule is CNCc1cc(C(=O)O)no1.COc1cc(C)c(S)c(C)c1. The maximum Gasteiger partial charge on any atom is 0.358 e. The molecule has 0 spiro atoms. The van der Waals surface area contributed by atoms with E-state index in [9.17, 15) is 4.79 Å². The average molecular weight is 324 g/mol. The van der Waals surface area contributed by atoms with Gasteiger partial charge >= 0.3 is 5.97 Å². The van der Waals surface area contributed by atoms with Crippen molar-refractivity contribution in [1.29, 1.82) is 0 Å². The summed E-state index contributed by atoms with van der Waals surface area (Å²) in [7, 11) is 3.41. The van der Waals surface area contributed by atoms with Crippen molar-refractivity contribution in [1.82, 2.24) is 10.5 Å². The molecule has 1 aromatic carbocycles. The molecule has 0 unspecified atom stereocenters. The molecule has 0 aliphatic rings. The van der Waals surface area contributed by atoms with Crippen LogP contribution in [0.5, 0.6) is 5.75 Å². The molecule has 2 rings (SSSR count). The van der Waals surface area contributed by atoms with Gasteiger partial charge in [0.25, 0.3) is 0 Å². The highest BCUT2D eigenvalue weighted by atomic mass is 32.1. The Kier molecular flexibility index (Phi) is 6.94. The summed E-state index contributed by atoms with van der Waals surface area (Å²) in [6.45, 7) is 4.54. The van der Waals surface area contributed by atoms with E-state index in [1.165, 1.54) is 6.07 Å². The minimum atomic E-state index is -1.07. The van der Waals surface area contributed by atoms with Gasteiger partial charge in [0.1, 0.15) is 5.75 Å². The van der Waals surface area contributed by atoms with Crippen LogP contribution in [0.1, 0.15) is 27.4 Å². The lowest BCUT2D eigenvalue weighted by molar-refractivity contribution is 0.0685. The van der Waals surface area contributed by atoms with Crippen LogP contribution in [0, 0.1) is 13.8 Å². The highest BCUT2D eigenvalue weighted by molar-refractivity contribution is 7.80. The number of benzene rings is 1. The highest BCUT2D eigenvalue weighted by Crippen LogP contribution is 2.23. The molecule has 0 aliphatic heterocycles. The van der Waals surface area contributed by atoms with Crippen molar-refractivity contribution in [3.8, 4) is 5.75 Å². The van der Waals surface area contributed by atoms with E-state index in [1.807, 2.05) is 26.0 Å². The van der Waals surface area contributed by atoms with Gasteiger partial charge in [-0.25, -0.2) is 4.79 Å². The summed E-state index contributed by atoms with van der Waals surface area (Å²) in [5, 5.41) is 14.6.